The van der Waals surface area contributed by atoms with Gasteiger partial charge in [0.25, 0.3) is 0 Å². The molecule has 6 aliphatic carbocycles. The maximum absolute atomic E-state index is 12.7. The third-order valence-corrected chi connectivity index (χ3v) is 15.5. The highest BCUT2D eigenvalue weighted by Gasteiger charge is 2.74. The SMILES string of the molecule is BrCC1CC1.O=C1CC[C@@]2(O)C3Cc4ccc(O)c5c4C2(CCN3)C1O5.O=C1CC[C@@]2(O)C3Cc4ccc(O)c5c4C2(CCN3CC2CC2)C1O5. The van der Waals surface area contributed by atoms with E-state index in [0.717, 1.165) is 66.6 Å². The molecule has 0 radical (unpaired) electrons. The zero-order valence-electron chi connectivity index (χ0n) is 28.8. The van der Waals surface area contributed by atoms with Gasteiger partial charge in [-0.15, -0.1) is 0 Å². The molecule has 0 amide bonds. The summed E-state index contributed by atoms with van der Waals surface area (Å²) in [4.78, 5) is 27.6. The van der Waals surface area contributed by atoms with Crippen molar-refractivity contribution in [3.63, 3.8) is 0 Å². The van der Waals surface area contributed by atoms with Crippen molar-refractivity contribution < 1.29 is 39.5 Å². The quantitative estimate of drug-likeness (QED) is 0.293. The van der Waals surface area contributed by atoms with Crippen LogP contribution in [0, 0.1) is 11.8 Å². The van der Waals surface area contributed by atoms with E-state index < -0.39 is 34.2 Å². The number of piperidine rings is 2. The van der Waals surface area contributed by atoms with Crippen LogP contribution < -0.4 is 14.8 Å². The van der Waals surface area contributed by atoms with Gasteiger partial charge in [-0.25, -0.2) is 0 Å². The van der Waals surface area contributed by atoms with Crippen LogP contribution in [0.5, 0.6) is 23.0 Å². The van der Waals surface area contributed by atoms with Crippen LogP contribution >= 0.6 is 15.9 Å². The molecular weight excluding hydrogens is 716 g/mol. The molecule has 2 spiro atoms. The van der Waals surface area contributed by atoms with Crippen LogP contribution in [0.3, 0.4) is 0 Å². The minimum atomic E-state index is -0.962. The van der Waals surface area contributed by atoms with Crippen molar-refractivity contribution in [2.24, 2.45) is 11.8 Å². The number of ketones is 2. The summed E-state index contributed by atoms with van der Waals surface area (Å²) in [6, 6.07) is 7.18. The monoisotopic (exact) mass is 762 g/mol. The van der Waals surface area contributed by atoms with Gasteiger partial charge in [0.2, 0.25) is 0 Å². The van der Waals surface area contributed by atoms with E-state index in [2.05, 4.69) is 26.1 Å². The van der Waals surface area contributed by atoms with Crippen LogP contribution in [-0.4, -0.2) is 97.4 Å². The number of nitrogens with zero attached hydrogens (tertiary/aromatic N) is 1. The first kappa shape index (κ1) is 32.9. The van der Waals surface area contributed by atoms with Crippen molar-refractivity contribution in [3.8, 4) is 23.0 Å². The number of alkyl halides is 1. The molecule has 272 valence electrons. The average Bonchev–Trinajstić information content (AvgIpc) is 4.05. The van der Waals surface area contributed by atoms with Crippen molar-refractivity contribution in [2.45, 2.75) is 123 Å². The number of Topliss-reactive ketones (excluding diaryl/α,β-unsaturated/α-hetero) is 2. The fourth-order valence-electron chi connectivity index (χ4n) is 11.8. The van der Waals surface area contributed by atoms with E-state index in [0.29, 0.717) is 50.0 Å². The predicted molar refractivity (Wildman–Crippen MR) is 190 cm³/mol. The molecule has 2 aromatic carbocycles. The number of hydrogen-bond donors (Lipinski definition) is 5. The molecule has 4 bridgehead atoms. The first-order valence-corrected chi connectivity index (χ1v) is 20.3. The zero-order valence-corrected chi connectivity index (χ0v) is 30.4. The van der Waals surface area contributed by atoms with Gasteiger partial charge < -0.3 is 35.2 Å². The molecule has 6 fully saturated rings. The van der Waals surface area contributed by atoms with Crippen molar-refractivity contribution >= 4 is 27.5 Å². The lowest BCUT2D eigenvalue weighted by molar-refractivity contribution is -0.188. The number of carbonyl (C=O) groups excluding carboxylic acids is 2. The number of phenolic OH excluding ortho intramolecular Hbond substituents is 2. The molecule has 8 atom stereocenters. The van der Waals surface area contributed by atoms with Gasteiger partial charge in [0.1, 0.15) is 0 Å². The summed E-state index contributed by atoms with van der Waals surface area (Å²) < 4.78 is 11.9. The summed E-state index contributed by atoms with van der Waals surface area (Å²) in [5, 5.41) is 48.5. The molecule has 11 heteroatoms. The summed E-state index contributed by atoms with van der Waals surface area (Å²) in [6.07, 6.45) is 8.79. The first-order chi connectivity index (χ1) is 24.6. The van der Waals surface area contributed by atoms with Crippen LogP contribution in [0.1, 0.15) is 86.5 Å². The highest BCUT2D eigenvalue weighted by Crippen LogP contribution is 2.66. The van der Waals surface area contributed by atoms with Crippen LogP contribution in [0.4, 0.5) is 0 Å². The normalized spacial score (nSPS) is 40.1. The number of phenols is 2. The maximum atomic E-state index is 12.7. The number of aromatic hydroxyl groups is 2. The van der Waals surface area contributed by atoms with E-state index in [1.807, 2.05) is 12.1 Å². The van der Waals surface area contributed by atoms with E-state index in [-0.39, 0.29) is 35.1 Å². The van der Waals surface area contributed by atoms with Crippen molar-refractivity contribution in [1.29, 1.82) is 0 Å². The maximum Gasteiger partial charge on any atom is 0.174 e. The third-order valence-electron chi connectivity index (χ3n) is 14.6. The molecule has 6 unspecified atom stereocenters. The van der Waals surface area contributed by atoms with Gasteiger partial charge in [-0.2, -0.15) is 0 Å². The van der Waals surface area contributed by atoms with Crippen molar-refractivity contribution in [2.75, 3.05) is 25.0 Å². The average molecular weight is 764 g/mol. The zero-order chi connectivity index (χ0) is 35.1. The molecule has 10 aliphatic rings. The lowest BCUT2D eigenvalue weighted by atomic mass is 9.49. The minimum absolute atomic E-state index is 0.0452. The van der Waals surface area contributed by atoms with Gasteiger partial charge in [0.05, 0.1) is 22.0 Å². The minimum Gasteiger partial charge on any atom is -0.504 e. The number of ether oxygens (including phenoxy) is 2. The Balaban J connectivity index is 0.000000114. The molecule has 4 heterocycles. The molecular formula is C40H47BrN2O8. The summed E-state index contributed by atoms with van der Waals surface area (Å²) in [6.45, 7) is 2.71. The van der Waals surface area contributed by atoms with Gasteiger partial charge in [0.15, 0.2) is 46.8 Å². The Morgan fingerprint density at radius 3 is 1.90 bits per heavy atom. The van der Waals surface area contributed by atoms with E-state index in [1.54, 1.807) is 12.1 Å². The predicted octanol–water partition coefficient (Wildman–Crippen LogP) is 3.72. The molecule has 51 heavy (non-hydrogen) atoms. The second-order valence-electron chi connectivity index (χ2n) is 17.1. The Labute approximate surface area is 306 Å². The number of benzene rings is 2. The molecule has 4 aliphatic heterocycles. The third kappa shape index (κ3) is 4.30. The first-order valence-electron chi connectivity index (χ1n) is 19.1. The van der Waals surface area contributed by atoms with Gasteiger partial charge in [-0.05, 0) is 112 Å². The summed E-state index contributed by atoms with van der Waals surface area (Å²) in [5.41, 5.74) is 0.785. The van der Waals surface area contributed by atoms with E-state index >= 15 is 0 Å². The molecule has 5 N–H and O–H groups in total. The van der Waals surface area contributed by atoms with Crippen molar-refractivity contribution in [3.05, 3.63) is 46.5 Å². The summed E-state index contributed by atoms with van der Waals surface area (Å²) in [5.74, 6) is 2.98. The van der Waals surface area contributed by atoms with Crippen LogP contribution in [-0.2, 0) is 33.3 Å². The highest BCUT2D eigenvalue weighted by atomic mass is 79.9. The van der Waals surface area contributed by atoms with Crippen LogP contribution in [0.25, 0.3) is 0 Å². The molecule has 2 saturated heterocycles. The second-order valence-corrected chi connectivity index (χ2v) is 17.7. The van der Waals surface area contributed by atoms with Crippen molar-refractivity contribution in [1.82, 2.24) is 10.2 Å². The smallest absolute Gasteiger partial charge is 0.174 e. The lowest BCUT2D eigenvalue weighted by Gasteiger charge is -2.62. The summed E-state index contributed by atoms with van der Waals surface area (Å²) >= 11 is 3.38. The van der Waals surface area contributed by atoms with Gasteiger partial charge in [-0.1, -0.05) is 28.1 Å². The number of hydrogen-bond acceptors (Lipinski definition) is 10. The van der Waals surface area contributed by atoms with E-state index in [4.69, 9.17) is 9.47 Å². The topological polar surface area (TPSA) is 149 Å². The Bertz CT molecular complexity index is 1850. The van der Waals surface area contributed by atoms with E-state index in [1.165, 1.54) is 31.0 Å². The van der Waals surface area contributed by atoms with Crippen LogP contribution in [0.2, 0.25) is 0 Å². The van der Waals surface area contributed by atoms with Gasteiger partial charge in [-0.3, -0.25) is 14.5 Å². The lowest BCUT2D eigenvalue weighted by Crippen LogP contribution is -2.76. The van der Waals surface area contributed by atoms with Crippen LogP contribution in [0.15, 0.2) is 24.3 Å². The van der Waals surface area contributed by atoms with Gasteiger partial charge >= 0.3 is 0 Å². The Morgan fingerprint density at radius 1 is 0.765 bits per heavy atom. The van der Waals surface area contributed by atoms with Gasteiger partial charge in [0, 0.05) is 47.9 Å². The molecule has 2 aromatic rings. The Hall–Kier alpha value is -2.70. The molecule has 0 aromatic heterocycles. The highest BCUT2D eigenvalue weighted by molar-refractivity contribution is 9.09. The van der Waals surface area contributed by atoms with E-state index in [9.17, 15) is 30.0 Å². The molecule has 10 nitrogen and oxygen atoms in total. The standard InChI is InChI=1S/C20H23NO4.C16H17NO4.C4H7Br/c22-13-4-3-12-9-15-20(24)6-5-14(23)18-19(20,16(12)17(13)25-18)7-8-21(15)10-11-1-2-11;18-9-2-1-8-7-11-16(20)4-3-10(19)14-15(16,5-6-17-11)12(8)13(9)21-14;5-3-4-1-2-4/h3-4,11,15,18,22,24H,1-2,5-10H2;1-2,11,14,17-18,20H,3-7H2;4H,1-3H2/t15?,18?,19?,20-;11?,14?,15?,16-;/m11./s1. The molecule has 4 saturated carbocycles. The Morgan fingerprint density at radius 2 is 1.33 bits per heavy atom. The molecule has 12 rings (SSSR count). The number of nitrogens with one attached hydrogen (secondary N) is 1. The second kappa shape index (κ2) is 11.2. The number of likely N-dealkylation sites (tertiary alicyclic amines) is 1. The fourth-order valence-corrected chi connectivity index (χ4v) is 12.4. The Kier molecular flexibility index (Phi) is 7.20. The number of carbonyl (C=O) groups is 2. The largest absolute Gasteiger partial charge is 0.504 e. The number of rotatable bonds is 3. The fraction of sp³-hybridized carbons (Fsp3) is 0.650. The summed E-state index contributed by atoms with van der Waals surface area (Å²) in [7, 11) is 0. The number of aliphatic hydroxyl groups is 2. The number of halogens is 1.